The van der Waals surface area contributed by atoms with E-state index < -0.39 is 6.10 Å². The predicted octanol–water partition coefficient (Wildman–Crippen LogP) is 3.63. The summed E-state index contributed by atoms with van der Waals surface area (Å²) in [4.78, 5) is 1.14. The number of hydrogen-bond donors (Lipinski definition) is 1. The lowest BCUT2D eigenvalue weighted by molar-refractivity contribution is 0.219. The van der Waals surface area contributed by atoms with Crippen molar-refractivity contribution < 1.29 is 9.50 Å². The maximum absolute atomic E-state index is 13.0. The van der Waals surface area contributed by atoms with E-state index in [1.807, 2.05) is 30.5 Å². The van der Waals surface area contributed by atoms with E-state index in [1.165, 1.54) is 12.1 Å². The fraction of sp³-hybridized carbons (Fsp3) is 0.143. The molecule has 0 aliphatic rings. The van der Waals surface area contributed by atoms with Crippen LogP contribution in [0.4, 0.5) is 4.39 Å². The van der Waals surface area contributed by atoms with Gasteiger partial charge >= 0.3 is 0 Å². The number of thioether (sulfide) groups is 1. The summed E-state index contributed by atoms with van der Waals surface area (Å²) < 4.78 is 13.0. The molecule has 1 nitrogen and oxygen atoms in total. The maximum atomic E-state index is 13.0. The number of aliphatic hydroxyl groups excluding tert-OH is 1. The van der Waals surface area contributed by atoms with Crippen molar-refractivity contribution in [2.75, 3.05) is 6.26 Å². The van der Waals surface area contributed by atoms with E-state index in [9.17, 15) is 9.50 Å². The molecule has 0 radical (unpaired) electrons. The summed E-state index contributed by atoms with van der Waals surface area (Å²) in [5.41, 5.74) is 1.34. The molecule has 0 saturated heterocycles. The van der Waals surface area contributed by atoms with Gasteiger partial charge in [-0.2, -0.15) is 0 Å². The molecule has 0 aromatic heterocycles. The molecule has 0 fully saturated rings. The first kappa shape index (κ1) is 12.1. The van der Waals surface area contributed by atoms with Gasteiger partial charge in [-0.1, -0.05) is 24.3 Å². The highest BCUT2D eigenvalue weighted by Crippen LogP contribution is 2.24. The van der Waals surface area contributed by atoms with Crippen LogP contribution >= 0.6 is 11.8 Å². The zero-order valence-electron chi connectivity index (χ0n) is 9.43. The molecule has 2 aromatic carbocycles. The molecule has 88 valence electrons. The second-order valence-electron chi connectivity index (χ2n) is 3.73. The zero-order chi connectivity index (χ0) is 12.3. The van der Waals surface area contributed by atoms with E-state index in [4.69, 9.17) is 0 Å². The van der Waals surface area contributed by atoms with E-state index >= 15 is 0 Å². The van der Waals surface area contributed by atoms with E-state index in [0.717, 1.165) is 10.5 Å². The van der Waals surface area contributed by atoms with E-state index in [0.29, 0.717) is 5.56 Å². The van der Waals surface area contributed by atoms with Gasteiger partial charge in [-0.05, 0) is 41.6 Å². The van der Waals surface area contributed by atoms with Crippen LogP contribution < -0.4 is 0 Å². The second-order valence-corrected chi connectivity index (χ2v) is 4.61. The molecule has 3 heteroatoms. The van der Waals surface area contributed by atoms with Gasteiger partial charge < -0.3 is 5.11 Å². The first-order valence-corrected chi connectivity index (χ1v) is 6.50. The Kier molecular flexibility index (Phi) is 3.82. The molecule has 0 saturated carbocycles. The van der Waals surface area contributed by atoms with E-state index in [1.54, 1.807) is 23.9 Å². The van der Waals surface area contributed by atoms with Gasteiger partial charge in [-0.3, -0.25) is 0 Å². The summed E-state index contributed by atoms with van der Waals surface area (Å²) in [6.45, 7) is 0. The van der Waals surface area contributed by atoms with Gasteiger partial charge in [-0.25, -0.2) is 4.39 Å². The third-order valence-corrected chi connectivity index (χ3v) is 3.34. The van der Waals surface area contributed by atoms with Gasteiger partial charge in [-0.15, -0.1) is 11.8 Å². The summed E-state index contributed by atoms with van der Waals surface area (Å²) in [5, 5.41) is 10.1. The van der Waals surface area contributed by atoms with Crippen molar-refractivity contribution in [3.8, 4) is 0 Å². The van der Waals surface area contributed by atoms with Crippen molar-refractivity contribution in [2.45, 2.75) is 11.0 Å². The number of benzene rings is 2. The minimum absolute atomic E-state index is 0.331. The normalized spacial score (nSPS) is 12.4. The molecular weight excluding hydrogens is 235 g/mol. The first-order chi connectivity index (χ1) is 8.20. The van der Waals surface area contributed by atoms with Gasteiger partial charge in [0, 0.05) is 4.90 Å². The summed E-state index contributed by atoms with van der Waals surface area (Å²) in [6, 6.07) is 13.7. The largest absolute Gasteiger partial charge is 0.384 e. The Morgan fingerprint density at radius 2 is 1.76 bits per heavy atom. The van der Waals surface area contributed by atoms with Crippen LogP contribution in [-0.4, -0.2) is 11.4 Å². The minimum Gasteiger partial charge on any atom is -0.384 e. The number of aliphatic hydroxyl groups is 1. The summed E-state index contributed by atoms with van der Waals surface area (Å²) in [5.74, 6) is -0.331. The standard InChI is InChI=1S/C14H13FOS/c1-17-13-7-5-10(6-8-13)14(16)11-3-2-4-12(15)9-11/h2-9,14,16H,1H3/t14-/m0/s1. The Labute approximate surface area is 104 Å². The average Bonchev–Trinajstić information content (AvgIpc) is 2.38. The lowest BCUT2D eigenvalue weighted by Crippen LogP contribution is -1.99. The van der Waals surface area contributed by atoms with Crippen LogP contribution in [0.25, 0.3) is 0 Å². The van der Waals surface area contributed by atoms with Crippen LogP contribution in [0.15, 0.2) is 53.4 Å². The van der Waals surface area contributed by atoms with Crippen molar-refractivity contribution in [1.29, 1.82) is 0 Å². The molecule has 0 aliphatic heterocycles. The van der Waals surface area contributed by atoms with Crippen molar-refractivity contribution in [2.24, 2.45) is 0 Å². The fourth-order valence-corrected chi connectivity index (χ4v) is 2.06. The monoisotopic (exact) mass is 248 g/mol. The zero-order valence-corrected chi connectivity index (χ0v) is 10.2. The molecule has 0 unspecified atom stereocenters. The Morgan fingerprint density at radius 1 is 1.06 bits per heavy atom. The quantitative estimate of drug-likeness (QED) is 0.837. The molecule has 0 heterocycles. The van der Waals surface area contributed by atoms with Gasteiger partial charge in [0.15, 0.2) is 0 Å². The Morgan fingerprint density at radius 3 is 2.35 bits per heavy atom. The average molecular weight is 248 g/mol. The van der Waals surface area contributed by atoms with Gasteiger partial charge in [0.1, 0.15) is 11.9 Å². The van der Waals surface area contributed by atoms with Crippen LogP contribution in [0.2, 0.25) is 0 Å². The fourth-order valence-electron chi connectivity index (χ4n) is 1.66. The van der Waals surface area contributed by atoms with Gasteiger partial charge in [0.25, 0.3) is 0 Å². The van der Waals surface area contributed by atoms with Crippen LogP contribution in [0, 0.1) is 5.82 Å². The molecule has 1 N–H and O–H groups in total. The second kappa shape index (κ2) is 5.34. The molecule has 0 bridgehead atoms. The van der Waals surface area contributed by atoms with Crippen molar-refractivity contribution in [3.63, 3.8) is 0 Å². The number of rotatable bonds is 3. The summed E-state index contributed by atoms with van der Waals surface area (Å²) >= 11 is 1.65. The third-order valence-electron chi connectivity index (χ3n) is 2.60. The lowest BCUT2D eigenvalue weighted by atomic mass is 10.0. The Balaban J connectivity index is 2.27. The first-order valence-electron chi connectivity index (χ1n) is 5.28. The molecule has 0 amide bonds. The number of hydrogen-bond acceptors (Lipinski definition) is 2. The molecule has 2 rings (SSSR count). The molecular formula is C14H13FOS. The Bertz CT molecular complexity index is 496. The highest BCUT2D eigenvalue weighted by Gasteiger charge is 2.10. The predicted molar refractivity (Wildman–Crippen MR) is 68.7 cm³/mol. The van der Waals surface area contributed by atoms with Crippen molar-refractivity contribution in [3.05, 3.63) is 65.5 Å². The van der Waals surface area contributed by atoms with Crippen LogP contribution in [0.3, 0.4) is 0 Å². The van der Waals surface area contributed by atoms with Crippen molar-refractivity contribution >= 4 is 11.8 Å². The highest BCUT2D eigenvalue weighted by atomic mass is 32.2. The van der Waals surface area contributed by atoms with E-state index in [2.05, 4.69) is 0 Å². The molecule has 2 aromatic rings. The van der Waals surface area contributed by atoms with Crippen molar-refractivity contribution in [1.82, 2.24) is 0 Å². The lowest BCUT2D eigenvalue weighted by Gasteiger charge is -2.11. The minimum atomic E-state index is -0.776. The maximum Gasteiger partial charge on any atom is 0.123 e. The van der Waals surface area contributed by atoms with Gasteiger partial charge in [0.2, 0.25) is 0 Å². The topological polar surface area (TPSA) is 20.2 Å². The summed E-state index contributed by atoms with van der Waals surface area (Å²) in [7, 11) is 0. The smallest absolute Gasteiger partial charge is 0.123 e. The van der Waals surface area contributed by atoms with Crippen LogP contribution in [-0.2, 0) is 0 Å². The van der Waals surface area contributed by atoms with E-state index in [-0.39, 0.29) is 5.82 Å². The van der Waals surface area contributed by atoms with Crippen LogP contribution in [0.1, 0.15) is 17.2 Å². The third kappa shape index (κ3) is 2.87. The summed E-state index contributed by atoms with van der Waals surface area (Å²) in [6.07, 6.45) is 1.22. The Hall–Kier alpha value is -1.32. The van der Waals surface area contributed by atoms with Gasteiger partial charge in [0.05, 0.1) is 0 Å². The molecule has 17 heavy (non-hydrogen) atoms. The van der Waals surface area contributed by atoms with Crippen LogP contribution in [0.5, 0.6) is 0 Å². The number of halogens is 1. The highest BCUT2D eigenvalue weighted by molar-refractivity contribution is 7.98. The molecule has 1 atom stereocenters. The molecule has 0 aliphatic carbocycles. The molecule has 0 spiro atoms. The SMILES string of the molecule is CSc1ccc([C@H](O)c2cccc(F)c2)cc1.